The van der Waals surface area contributed by atoms with Crippen molar-refractivity contribution in [2.75, 3.05) is 13.6 Å². The first-order valence-electron chi connectivity index (χ1n) is 7.61. The van der Waals surface area contributed by atoms with E-state index >= 15 is 0 Å². The fourth-order valence-corrected chi connectivity index (χ4v) is 3.74. The first-order valence-corrected chi connectivity index (χ1v) is 7.61. The van der Waals surface area contributed by atoms with Crippen molar-refractivity contribution in [3.63, 3.8) is 0 Å². The zero-order valence-corrected chi connectivity index (χ0v) is 11.7. The van der Waals surface area contributed by atoms with Gasteiger partial charge in [0.15, 0.2) is 0 Å². The van der Waals surface area contributed by atoms with Gasteiger partial charge in [0.2, 0.25) is 0 Å². The molecule has 2 rings (SSSR count). The molecule has 2 aliphatic rings. The molecule has 0 spiro atoms. The third-order valence-corrected chi connectivity index (χ3v) is 4.98. The van der Waals surface area contributed by atoms with Crippen molar-refractivity contribution >= 4 is 0 Å². The molecule has 2 aliphatic carbocycles. The Bertz CT molecular complexity index is 221. The predicted octanol–water partition coefficient (Wildman–Crippen LogP) is 3.01. The van der Waals surface area contributed by atoms with E-state index in [1.54, 1.807) is 0 Å². The van der Waals surface area contributed by atoms with Crippen LogP contribution in [0, 0.1) is 11.8 Å². The molecule has 2 nitrogen and oxygen atoms in total. The Balaban J connectivity index is 1.74. The molecule has 2 heteroatoms. The molecule has 0 aliphatic heterocycles. The van der Waals surface area contributed by atoms with E-state index in [-0.39, 0.29) is 0 Å². The highest BCUT2D eigenvalue weighted by atomic mass is 15.1. The second-order valence-electron chi connectivity index (χ2n) is 6.65. The lowest BCUT2D eigenvalue weighted by Gasteiger charge is -2.37. The first-order chi connectivity index (χ1) is 8.15. The van der Waals surface area contributed by atoms with Crippen LogP contribution in [0.1, 0.15) is 58.3 Å². The summed E-state index contributed by atoms with van der Waals surface area (Å²) in [6.07, 6.45) is 10.9. The minimum atomic E-state index is 0.480. The maximum atomic E-state index is 6.08. The van der Waals surface area contributed by atoms with E-state index in [2.05, 4.69) is 18.9 Å². The maximum absolute atomic E-state index is 6.08. The molecule has 17 heavy (non-hydrogen) atoms. The van der Waals surface area contributed by atoms with Crippen LogP contribution < -0.4 is 5.73 Å². The Morgan fingerprint density at radius 2 is 1.76 bits per heavy atom. The standard InChI is InChI=1S/C15H30N2/c1-12-6-8-15(9-7-12)17(2)11-13-4-3-5-14(16)10-13/h12-15H,3-11,16H2,1-2H3. The van der Waals surface area contributed by atoms with Crippen molar-refractivity contribution in [1.29, 1.82) is 0 Å². The molecule has 2 unspecified atom stereocenters. The van der Waals surface area contributed by atoms with E-state index in [0.29, 0.717) is 6.04 Å². The zero-order valence-electron chi connectivity index (χ0n) is 11.7. The first kappa shape index (κ1) is 13.4. The Hall–Kier alpha value is -0.0800. The number of hydrogen-bond donors (Lipinski definition) is 1. The Morgan fingerprint density at radius 3 is 2.41 bits per heavy atom. The van der Waals surface area contributed by atoms with E-state index in [0.717, 1.165) is 17.9 Å². The highest BCUT2D eigenvalue weighted by Crippen LogP contribution is 2.29. The molecule has 0 bridgehead atoms. The summed E-state index contributed by atoms with van der Waals surface area (Å²) in [6, 6.07) is 1.33. The Labute approximate surface area is 107 Å². The van der Waals surface area contributed by atoms with E-state index in [1.165, 1.54) is 57.9 Å². The molecular formula is C15H30N2. The van der Waals surface area contributed by atoms with Crippen LogP contribution in [0.4, 0.5) is 0 Å². The van der Waals surface area contributed by atoms with Gasteiger partial charge in [0.05, 0.1) is 0 Å². The topological polar surface area (TPSA) is 29.3 Å². The van der Waals surface area contributed by atoms with Gasteiger partial charge in [0.1, 0.15) is 0 Å². The maximum Gasteiger partial charge on any atom is 0.00925 e. The highest BCUT2D eigenvalue weighted by Gasteiger charge is 2.25. The van der Waals surface area contributed by atoms with Crippen LogP contribution in [0.25, 0.3) is 0 Å². The van der Waals surface area contributed by atoms with Crippen molar-refractivity contribution in [3.8, 4) is 0 Å². The van der Waals surface area contributed by atoms with Crippen LogP contribution in [-0.2, 0) is 0 Å². The fraction of sp³-hybridized carbons (Fsp3) is 1.00. The molecule has 2 N–H and O–H groups in total. The Morgan fingerprint density at radius 1 is 1.06 bits per heavy atom. The molecule has 0 aromatic heterocycles. The summed E-state index contributed by atoms with van der Waals surface area (Å²) in [5.41, 5.74) is 6.08. The lowest BCUT2D eigenvalue weighted by molar-refractivity contribution is 0.133. The summed E-state index contributed by atoms with van der Waals surface area (Å²) in [4.78, 5) is 2.63. The molecule has 2 atom stereocenters. The molecule has 0 saturated heterocycles. The van der Waals surface area contributed by atoms with Gasteiger partial charge in [0.25, 0.3) is 0 Å². The van der Waals surface area contributed by atoms with Crippen LogP contribution >= 0.6 is 0 Å². The molecule has 0 amide bonds. The van der Waals surface area contributed by atoms with Gasteiger partial charge >= 0.3 is 0 Å². The van der Waals surface area contributed by atoms with Crippen LogP contribution in [0.2, 0.25) is 0 Å². The largest absolute Gasteiger partial charge is 0.328 e. The minimum absolute atomic E-state index is 0.480. The van der Waals surface area contributed by atoms with E-state index in [1.807, 2.05) is 0 Å². The van der Waals surface area contributed by atoms with Crippen LogP contribution in [-0.4, -0.2) is 30.6 Å². The molecule has 100 valence electrons. The second kappa shape index (κ2) is 6.19. The van der Waals surface area contributed by atoms with Gasteiger partial charge in [-0.3, -0.25) is 0 Å². The van der Waals surface area contributed by atoms with Gasteiger partial charge in [-0.2, -0.15) is 0 Å². The van der Waals surface area contributed by atoms with E-state index in [9.17, 15) is 0 Å². The summed E-state index contributed by atoms with van der Waals surface area (Å²) in [5, 5.41) is 0. The molecular weight excluding hydrogens is 208 g/mol. The quantitative estimate of drug-likeness (QED) is 0.819. The van der Waals surface area contributed by atoms with Gasteiger partial charge in [0, 0.05) is 18.6 Å². The average Bonchev–Trinajstić information content (AvgIpc) is 2.29. The number of nitrogens with two attached hydrogens (primary N) is 1. The van der Waals surface area contributed by atoms with Crippen molar-refractivity contribution < 1.29 is 0 Å². The van der Waals surface area contributed by atoms with Gasteiger partial charge in [-0.25, -0.2) is 0 Å². The van der Waals surface area contributed by atoms with Gasteiger partial charge in [-0.15, -0.1) is 0 Å². The second-order valence-corrected chi connectivity index (χ2v) is 6.65. The van der Waals surface area contributed by atoms with Crippen LogP contribution in [0.5, 0.6) is 0 Å². The lowest BCUT2D eigenvalue weighted by Crippen LogP contribution is -2.40. The molecule has 0 radical (unpaired) electrons. The summed E-state index contributed by atoms with van der Waals surface area (Å²) >= 11 is 0. The van der Waals surface area contributed by atoms with Crippen molar-refractivity contribution in [1.82, 2.24) is 4.90 Å². The lowest BCUT2D eigenvalue weighted by atomic mass is 9.84. The van der Waals surface area contributed by atoms with E-state index < -0.39 is 0 Å². The normalized spacial score (nSPS) is 39.5. The fourth-order valence-electron chi connectivity index (χ4n) is 3.74. The SMILES string of the molecule is CC1CCC(N(C)CC2CCCC(N)C2)CC1. The predicted molar refractivity (Wildman–Crippen MR) is 74.0 cm³/mol. The van der Waals surface area contributed by atoms with Crippen molar-refractivity contribution in [2.24, 2.45) is 17.6 Å². The van der Waals surface area contributed by atoms with Gasteiger partial charge < -0.3 is 10.6 Å². The number of nitrogens with zero attached hydrogens (tertiary/aromatic N) is 1. The smallest absolute Gasteiger partial charge is 0.00925 e. The third kappa shape index (κ3) is 3.96. The molecule has 0 aromatic rings. The number of hydrogen-bond acceptors (Lipinski definition) is 2. The van der Waals surface area contributed by atoms with E-state index in [4.69, 9.17) is 5.73 Å². The molecule has 0 aromatic carbocycles. The summed E-state index contributed by atoms with van der Waals surface area (Å²) in [7, 11) is 2.33. The van der Waals surface area contributed by atoms with Crippen LogP contribution in [0.15, 0.2) is 0 Å². The molecule has 0 heterocycles. The summed E-state index contributed by atoms with van der Waals surface area (Å²) in [5.74, 6) is 1.82. The summed E-state index contributed by atoms with van der Waals surface area (Å²) < 4.78 is 0. The minimum Gasteiger partial charge on any atom is -0.328 e. The molecule has 2 fully saturated rings. The van der Waals surface area contributed by atoms with Crippen LogP contribution in [0.3, 0.4) is 0 Å². The van der Waals surface area contributed by atoms with Gasteiger partial charge in [-0.1, -0.05) is 13.3 Å². The molecule has 2 saturated carbocycles. The summed E-state index contributed by atoms with van der Waals surface area (Å²) in [6.45, 7) is 3.68. The number of rotatable bonds is 3. The third-order valence-electron chi connectivity index (χ3n) is 4.98. The monoisotopic (exact) mass is 238 g/mol. The Kier molecular flexibility index (Phi) is 4.87. The average molecular weight is 238 g/mol. The van der Waals surface area contributed by atoms with Crippen molar-refractivity contribution in [2.45, 2.75) is 70.4 Å². The van der Waals surface area contributed by atoms with Crippen molar-refractivity contribution in [3.05, 3.63) is 0 Å². The van der Waals surface area contributed by atoms with Gasteiger partial charge in [-0.05, 0) is 63.8 Å². The zero-order chi connectivity index (χ0) is 12.3. The highest BCUT2D eigenvalue weighted by molar-refractivity contribution is 4.81.